The molecule has 0 radical (unpaired) electrons. The molecule has 1 aromatic heterocycles. The summed E-state index contributed by atoms with van der Waals surface area (Å²) in [6.45, 7) is 0.875. The molecule has 0 aliphatic carbocycles. The van der Waals surface area contributed by atoms with Gasteiger partial charge in [0.05, 0.1) is 16.8 Å². The summed E-state index contributed by atoms with van der Waals surface area (Å²) in [6.07, 6.45) is 0. The fourth-order valence-electron chi connectivity index (χ4n) is 2.26. The van der Waals surface area contributed by atoms with Gasteiger partial charge in [-0.2, -0.15) is 0 Å². The number of aromatic nitrogens is 1. The molecule has 0 aliphatic rings. The fraction of sp³-hybridized carbons (Fsp3) is 0.167. The highest BCUT2D eigenvalue weighted by Gasteiger charge is 2.10. The number of ether oxygens (including phenoxy) is 1. The minimum Gasteiger partial charge on any atom is -0.383 e. The third-order valence-electron chi connectivity index (χ3n) is 3.49. The van der Waals surface area contributed by atoms with E-state index < -0.39 is 0 Å². The number of benzene rings is 2. The van der Waals surface area contributed by atoms with Crippen LogP contribution in [0.5, 0.6) is 0 Å². The van der Waals surface area contributed by atoms with Gasteiger partial charge in [-0.1, -0.05) is 29.5 Å². The third-order valence-corrected chi connectivity index (χ3v) is 4.45. The van der Waals surface area contributed by atoms with E-state index in [1.54, 1.807) is 31.4 Å². The molecule has 0 aliphatic heterocycles. The van der Waals surface area contributed by atoms with Crippen molar-refractivity contribution >= 4 is 44.3 Å². The lowest BCUT2D eigenvalue weighted by atomic mass is 10.2. The predicted molar refractivity (Wildman–Crippen MR) is 103 cm³/mol. The Hall–Kier alpha value is -2.97. The van der Waals surface area contributed by atoms with E-state index in [2.05, 4.69) is 20.9 Å². The lowest BCUT2D eigenvalue weighted by molar-refractivity contribution is 0.102. The number of rotatable bonds is 6. The second-order valence-electron chi connectivity index (χ2n) is 5.40. The van der Waals surface area contributed by atoms with Gasteiger partial charge in [-0.3, -0.25) is 10.1 Å². The predicted octanol–water partition coefficient (Wildman–Crippen LogP) is 3.32. The number of anilines is 2. The second kappa shape index (κ2) is 8.41. The second-order valence-corrected chi connectivity index (χ2v) is 6.43. The molecule has 0 fully saturated rings. The first kappa shape index (κ1) is 17.8. The smallest absolute Gasteiger partial charge is 0.319 e. The first-order valence-corrected chi connectivity index (χ1v) is 8.78. The van der Waals surface area contributed by atoms with E-state index in [0.29, 0.717) is 35.1 Å². The van der Waals surface area contributed by atoms with E-state index in [9.17, 15) is 9.59 Å². The fourth-order valence-corrected chi connectivity index (χ4v) is 3.10. The van der Waals surface area contributed by atoms with Crippen LogP contribution < -0.4 is 16.0 Å². The van der Waals surface area contributed by atoms with Crippen LogP contribution in [0.2, 0.25) is 0 Å². The number of methoxy groups -OCH3 is 1. The lowest BCUT2D eigenvalue weighted by Gasteiger charge is -2.06. The van der Waals surface area contributed by atoms with Gasteiger partial charge >= 0.3 is 6.03 Å². The average molecular weight is 370 g/mol. The Labute approximate surface area is 154 Å². The third kappa shape index (κ3) is 4.56. The molecule has 3 amide bonds. The van der Waals surface area contributed by atoms with Crippen LogP contribution in [0.1, 0.15) is 10.4 Å². The number of urea groups is 1. The molecule has 0 atom stereocenters. The molecular formula is C18H18N4O3S. The van der Waals surface area contributed by atoms with Gasteiger partial charge in [0, 0.05) is 24.9 Å². The van der Waals surface area contributed by atoms with Crippen LogP contribution in [0.25, 0.3) is 10.2 Å². The minimum atomic E-state index is -0.311. The van der Waals surface area contributed by atoms with E-state index in [1.807, 2.05) is 24.3 Å². The first-order valence-electron chi connectivity index (χ1n) is 7.96. The van der Waals surface area contributed by atoms with Gasteiger partial charge in [0.1, 0.15) is 0 Å². The van der Waals surface area contributed by atoms with Gasteiger partial charge in [0.25, 0.3) is 5.91 Å². The minimum absolute atomic E-state index is 0.208. The number of fused-ring (bicyclic) bond motifs is 1. The van der Waals surface area contributed by atoms with Crippen molar-refractivity contribution in [1.29, 1.82) is 0 Å². The Morgan fingerprint density at radius 2 is 1.92 bits per heavy atom. The molecule has 2 aromatic carbocycles. The van der Waals surface area contributed by atoms with E-state index >= 15 is 0 Å². The molecule has 8 heteroatoms. The van der Waals surface area contributed by atoms with Crippen LogP contribution >= 0.6 is 11.3 Å². The molecule has 1 heterocycles. The molecule has 3 rings (SSSR count). The van der Waals surface area contributed by atoms with Crippen molar-refractivity contribution < 1.29 is 14.3 Å². The van der Waals surface area contributed by atoms with Gasteiger partial charge < -0.3 is 15.4 Å². The van der Waals surface area contributed by atoms with Crippen molar-refractivity contribution in [3.8, 4) is 0 Å². The van der Waals surface area contributed by atoms with Gasteiger partial charge in [-0.15, -0.1) is 0 Å². The Bertz CT molecular complexity index is 911. The van der Waals surface area contributed by atoms with Crippen LogP contribution in [-0.4, -0.2) is 37.2 Å². The summed E-state index contributed by atoms with van der Waals surface area (Å²) in [5.41, 5.74) is 1.90. The van der Waals surface area contributed by atoms with Crippen molar-refractivity contribution in [3.63, 3.8) is 0 Å². The summed E-state index contributed by atoms with van der Waals surface area (Å²) >= 11 is 1.38. The zero-order chi connectivity index (χ0) is 18.4. The molecular weight excluding hydrogens is 352 g/mol. The summed E-state index contributed by atoms with van der Waals surface area (Å²) in [6, 6.07) is 14.1. The number of nitrogens with one attached hydrogen (secondary N) is 3. The summed E-state index contributed by atoms with van der Waals surface area (Å²) in [4.78, 5) is 28.4. The molecule has 26 heavy (non-hydrogen) atoms. The first-order chi connectivity index (χ1) is 12.7. The number of hydrogen-bond donors (Lipinski definition) is 3. The molecule has 0 bridgehead atoms. The van der Waals surface area contributed by atoms with E-state index in [4.69, 9.17) is 4.74 Å². The normalized spacial score (nSPS) is 10.5. The molecule has 3 N–H and O–H groups in total. The van der Waals surface area contributed by atoms with Gasteiger partial charge in [0.2, 0.25) is 0 Å². The zero-order valence-corrected chi connectivity index (χ0v) is 14.9. The van der Waals surface area contributed by atoms with Crippen LogP contribution in [0, 0.1) is 0 Å². The summed E-state index contributed by atoms with van der Waals surface area (Å²) in [7, 11) is 1.57. The largest absolute Gasteiger partial charge is 0.383 e. The molecule has 134 valence electrons. The van der Waals surface area contributed by atoms with Crippen LogP contribution in [0.4, 0.5) is 15.6 Å². The number of carbonyl (C=O) groups excluding carboxylic acids is 2. The highest BCUT2D eigenvalue weighted by molar-refractivity contribution is 7.22. The van der Waals surface area contributed by atoms with Crippen LogP contribution in [-0.2, 0) is 4.74 Å². The highest BCUT2D eigenvalue weighted by Crippen LogP contribution is 2.28. The number of thiazole rings is 1. The van der Waals surface area contributed by atoms with Gasteiger partial charge in [0.15, 0.2) is 5.13 Å². The molecule has 0 spiro atoms. The Morgan fingerprint density at radius 1 is 1.12 bits per heavy atom. The molecule has 0 unspecified atom stereocenters. The summed E-state index contributed by atoms with van der Waals surface area (Å²) < 4.78 is 5.80. The van der Waals surface area contributed by atoms with Crippen molar-refractivity contribution in [2.24, 2.45) is 0 Å². The maximum Gasteiger partial charge on any atom is 0.319 e. The quantitative estimate of drug-likeness (QED) is 0.581. The van der Waals surface area contributed by atoms with Crippen molar-refractivity contribution in [2.45, 2.75) is 0 Å². The van der Waals surface area contributed by atoms with Crippen molar-refractivity contribution in [1.82, 2.24) is 10.3 Å². The topological polar surface area (TPSA) is 92.4 Å². The average Bonchev–Trinajstić information content (AvgIpc) is 3.04. The van der Waals surface area contributed by atoms with E-state index in [0.717, 1.165) is 4.70 Å². The Kier molecular flexibility index (Phi) is 5.77. The SMILES string of the molecule is COCCNC(=O)Nc1ccc2sc(NC(=O)c3ccccc3)nc2c1. The van der Waals surface area contributed by atoms with Crippen LogP contribution in [0.3, 0.4) is 0 Å². The van der Waals surface area contributed by atoms with E-state index in [-0.39, 0.29) is 11.9 Å². The molecule has 0 saturated heterocycles. The maximum atomic E-state index is 12.2. The van der Waals surface area contributed by atoms with E-state index in [1.165, 1.54) is 11.3 Å². The monoisotopic (exact) mass is 370 g/mol. The van der Waals surface area contributed by atoms with Crippen molar-refractivity contribution in [2.75, 3.05) is 30.9 Å². The number of nitrogens with zero attached hydrogens (tertiary/aromatic N) is 1. The zero-order valence-electron chi connectivity index (χ0n) is 14.1. The molecule has 0 saturated carbocycles. The van der Waals surface area contributed by atoms with Crippen LogP contribution in [0.15, 0.2) is 48.5 Å². The summed E-state index contributed by atoms with van der Waals surface area (Å²) in [5, 5.41) is 8.73. The number of amides is 3. The Balaban J connectivity index is 1.67. The highest BCUT2D eigenvalue weighted by atomic mass is 32.1. The van der Waals surface area contributed by atoms with Crippen molar-refractivity contribution in [3.05, 3.63) is 54.1 Å². The number of hydrogen-bond acceptors (Lipinski definition) is 5. The van der Waals surface area contributed by atoms with Gasteiger partial charge in [-0.05, 0) is 30.3 Å². The molecule has 7 nitrogen and oxygen atoms in total. The number of carbonyl (C=O) groups is 2. The maximum absolute atomic E-state index is 12.2. The van der Waals surface area contributed by atoms with Gasteiger partial charge in [-0.25, -0.2) is 9.78 Å². The molecule has 3 aromatic rings. The lowest BCUT2D eigenvalue weighted by Crippen LogP contribution is -2.31. The standard InChI is InChI=1S/C18H18N4O3S/c1-25-10-9-19-17(24)20-13-7-8-15-14(11-13)21-18(26-15)22-16(23)12-5-3-2-4-6-12/h2-8,11H,9-10H2,1H3,(H2,19,20,24)(H,21,22,23). The Morgan fingerprint density at radius 3 is 2.69 bits per heavy atom. The summed E-state index contributed by atoms with van der Waals surface area (Å²) in [5.74, 6) is -0.208.